The molecule has 0 aromatic heterocycles. The monoisotopic (exact) mass is 308 g/mol. The van der Waals surface area contributed by atoms with Crippen molar-refractivity contribution in [2.75, 3.05) is 4.90 Å². The molecule has 23 heavy (non-hydrogen) atoms. The number of amides is 2. The minimum absolute atomic E-state index is 0.0416. The van der Waals surface area contributed by atoms with Crippen molar-refractivity contribution in [3.8, 4) is 0 Å². The molecule has 2 aromatic rings. The Labute approximate surface area is 136 Å². The summed E-state index contributed by atoms with van der Waals surface area (Å²) in [6.07, 6.45) is 0.549. The van der Waals surface area contributed by atoms with Crippen molar-refractivity contribution >= 4 is 17.5 Å². The Bertz CT molecular complexity index is 725. The van der Waals surface area contributed by atoms with Gasteiger partial charge in [0.1, 0.15) is 6.04 Å². The van der Waals surface area contributed by atoms with Gasteiger partial charge in [0, 0.05) is 23.7 Å². The maximum atomic E-state index is 13.0. The summed E-state index contributed by atoms with van der Waals surface area (Å²) in [5, 5.41) is 2.92. The van der Waals surface area contributed by atoms with Gasteiger partial charge >= 0.3 is 0 Å². The topological polar surface area (TPSA) is 49.4 Å². The summed E-state index contributed by atoms with van der Waals surface area (Å²) in [6.45, 7) is 3.84. The van der Waals surface area contributed by atoms with Gasteiger partial charge in [-0.25, -0.2) is 0 Å². The molecule has 1 aliphatic heterocycles. The third-order valence-electron chi connectivity index (χ3n) is 3.95. The van der Waals surface area contributed by atoms with E-state index in [4.69, 9.17) is 0 Å². The van der Waals surface area contributed by atoms with Crippen LogP contribution < -0.4 is 10.2 Å². The number of carbonyl (C=O) groups is 2. The first-order valence-corrected chi connectivity index (χ1v) is 7.85. The number of nitrogens with zero attached hydrogens (tertiary/aromatic N) is 1. The molecular weight excluding hydrogens is 288 g/mol. The summed E-state index contributed by atoms with van der Waals surface area (Å²) in [5.74, 6) is -0.250. The van der Waals surface area contributed by atoms with E-state index in [9.17, 15) is 9.59 Å². The highest BCUT2D eigenvalue weighted by Gasteiger charge is 2.38. The Morgan fingerprint density at radius 1 is 1.04 bits per heavy atom. The number of hydrogen-bond donors (Lipinski definition) is 1. The van der Waals surface area contributed by atoms with E-state index in [1.807, 2.05) is 56.3 Å². The molecule has 0 saturated heterocycles. The van der Waals surface area contributed by atoms with E-state index in [-0.39, 0.29) is 17.9 Å². The molecule has 0 aliphatic carbocycles. The molecule has 0 bridgehead atoms. The fraction of sp³-hybridized carbons (Fsp3) is 0.263. The highest BCUT2D eigenvalue weighted by molar-refractivity contribution is 6.11. The molecule has 2 amide bonds. The van der Waals surface area contributed by atoms with Gasteiger partial charge < -0.3 is 5.32 Å². The van der Waals surface area contributed by atoms with Gasteiger partial charge in [0.25, 0.3) is 5.91 Å². The lowest BCUT2D eigenvalue weighted by atomic mass is 10.1. The third kappa shape index (κ3) is 2.97. The van der Waals surface area contributed by atoms with E-state index in [2.05, 4.69) is 5.32 Å². The van der Waals surface area contributed by atoms with Crippen molar-refractivity contribution < 1.29 is 9.59 Å². The van der Waals surface area contributed by atoms with Crippen LogP contribution in [0.4, 0.5) is 5.69 Å². The molecule has 1 N–H and O–H groups in total. The SMILES string of the molecule is CC(C)NC(=O)C1Cc2ccccc2N1C(=O)c1ccccc1. The quantitative estimate of drug-likeness (QED) is 0.948. The molecule has 1 atom stereocenters. The molecule has 1 heterocycles. The zero-order valence-electron chi connectivity index (χ0n) is 13.3. The number of anilines is 1. The van der Waals surface area contributed by atoms with E-state index in [1.165, 1.54) is 0 Å². The Kier molecular flexibility index (Phi) is 4.15. The number of benzene rings is 2. The van der Waals surface area contributed by atoms with Gasteiger partial charge in [-0.3, -0.25) is 14.5 Å². The van der Waals surface area contributed by atoms with E-state index in [0.717, 1.165) is 11.3 Å². The number of fused-ring (bicyclic) bond motifs is 1. The summed E-state index contributed by atoms with van der Waals surface area (Å²) in [4.78, 5) is 27.1. The molecule has 1 unspecified atom stereocenters. The van der Waals surface area contributed by atoms with Gasteiger partial charge in [-0.1, -0.05) is 36.4 Å². The summed E-state index contributed by atoms with van der Waals surface area (Å²) >= 11 is 0. The first kappa shape index (κ1) is 15.3. The largest absolute Gasteiger partial charge is 0.352 e. The van der Waals surface area contributed by atoms with Crippen LogP contribution in [-0.4, -0.2) is 23.9 Å². The summed E-state index contributed by atoms with van der Waals surface area (Å²) in [5.41, 5.74) is 2.44. The van der Waals surface area contributed by atoms with Crippen LogP contribution in [0.2, 0.25) is 0 Å². The van der Waals surface area contributed by atoms with Crippen molar-refractivity contribution in [2.24, 2.45) is 0 Å². The van der Waals surface area contributed by atoms with Gasteiger partial charge in [0.2, 0.25) is 5.91 Å². The minimum atomic E-state index is -0.498. The molecule has 0 fully saturated rings. The molecule has 1 aliphatic rings. The van der Waals surface area contributed by atoms with Crippen molar-refractivity contribution in [2.45, 2.75) is 32.4 Å². The zero-order valence-corrected chi connectivity index (χ0v) is 13.3. The van der Waals surface area contributed by atoms with E-state index in [1.54, 1.807) is 17.0 Å². The number of nitrogens with one attached hydrogen (secondary N) is 1. The van der Waals surface area contributed by atoms with Crippen LogP contribution in [-0.2, 0) is 11.2 Å². The van der Waals surface area contributed by atoms with Gasteiger partial charge in [-0.2, -0.15) is 0 Å². The van der Waals surface area contributed by atoms with Gasteiger partial charge in [-0.05, 0) is 37.6 Å². The van der Waals surface area contributed by atoms with Gasteiger partial charge in [0.05, 0.1) is 0 Å². The van der Waals surface area contributed by atoms with E-state index >= 15 is 0 Å². The molecule has 4 heteroatoms. The standard InChI is InChI=1S/C19H20N2O2/c1-13(2)20-18(22)17-12-15-10-6-7-11-16(15)21(17)19(23)14-8-4-3-5-9-14/h3-11,13,17H,12H2,1-2H3,(H,20,22). The second-order valence-corrected chi connectivity index (χ2v) is 6.05. The number of carbonyl (C=O) groups excluding carboxylic acids is 2. The number of rotatable bonds is 3. The van der Waals surface area contributed by atoms with E-state index in [0.29, 0.717) is 12.0 Å². The molecule has 3 rings (SSSR count). The highest BCUT2D eigenvalue weighted by atomic mass is 16.2. The zero-order chi connectivity index (χ0) is 16.4. The fourth-order valence-electron chi connectivity index (χ4n) is 2.95. The van der Waals surface area contributed by atoms with E-state index < -0.39 is 6.04 Å². The van der Waals surface area contributed by atoms with Crippen LogP contribution >= 0.6 is 0 Å². The van der Waals surface area contributed by atoms with Gasteiger partial charge in [-0.15, -0.1) is 0 Å². The van der Waals surface area contributed by atoms with Crippen LogP contribution in [0.25, 0.3) is 0 Å². The second-order valence-electron chi connectivity index (χ2n) is 6.05. The Morgan fingerprint density at radius 3 is 2.39 bits per heavy atom. The lowest BCUT2D eigenvalue weighted by molar-refractivity contribution is -0.122. The fourth-order valence-corrected chi connectivity index (χ4v) is 2.95. The Morgan fingerprint density at radius 2 is 1.70 bits per heavy atom. The first-order valence-electron chi connectivity index (χ1n) is 7.85. The van der Waals surface area contributed by atoms with Crippen molar-refractivity contribution in [1.82, 2.24) is 5.32 Å². The molecule has 118 valence electrons. The molecule has 0 radical (unpaired) electrons. The summed E-state index contributed by atoms with van der Waals surface area (Å²) < 4.78 is 0. The average Bonchev–Trinajstić information content (AvgIpc) is 2.94. The molecule has 0 saturated carbocycles. The van der Waals surface area contributed by atoms with Crippen LogP contribution in [0, 0.1) is 0 Å². The summed E-state index contributed by atoms with van der Waals surface area (Å²) in [6, 6.07) is 16.3. The molecule has 4 nitrogen and oxygen atoms in total. The normalized spacial score (nSPS) is 16.3. The molecule has 2 aromatic carbocycles. The predicted molar refractivity (Wildman–Crippen MR) is 90.5 cm³/mol. The maximum absolute atomic E-state index is 13.0. The average molecular weight is 308 g/mol. The lowest BCUT2D eigenvalue weighted by Gasteiger charge is -2.25. The van der Waals surface area contributed by atoms with Crippen molar-refractivity contribution in [3.63, 3.8) is 0 Å². The highest BCUT2D eigenvalue weighted by Crippen LogP contribution is 2.33. The third-order valence-corrected chi connectivity index (χ3v) is 3.95. The van der Waals surface area contributed by atoms with Crippen molar-refractivity contribution in [1.29, 1.82) is 0 Å². The smallest absolute Gasteiger partial charge is 0.259 e. The first-order chi connectivity index (χ1) is 11.1. The summed E-state index contributed by atoms with van der Waals surface area (Å²) in [7, 11) is 0. The Hall–Kier alpha value is -2.62. The van der Waals surface area contributed by atoms with Crippen LogP contribution in [0.15, 0.2) is 54.6 Å². The number of para-hydroxylation sites is 1. The maximum Gasteiger partial charge on any atom is 0.259 e. The molecule has 0 spiro atoms. The lowest BCUT2D eigenvalue weighted by Crippen LogP contribution is -2.49. The molecular formula is C19H20N2O2. The number of hydrogen-bond acceptors (Lipinski definition) is 2. The predicted octanol–water partition coefficient (Wildman–Crippen LogP) is 2.78. The second kappa shape index (κ2) is 6.24. The Balaban J connectivity index is 1.98. The van der Waals surface area contributed by atoms with Crippen LogP contribution in [0.1, 0.15) is 29.8 Å². The van der Waals surface area contributed by atoms with Crippen LogP contribution in [0.5, 0.6) is 0 Å². The van der Waals surface area contributed by atoms with Crippen LogP contribution in [0.3, 0.4) is 0 Å². The minimum Gasteiger partial charge on any atom is -0.352 e. The van der Waals surface area contributed by atoms with Gasteiger partial charge in [0.15, 0.2) is 0 Å². The van der Waals surface area contributed by atoms with Crippen molar-refractivity contribution in [3.05, 3.63) is 65.7 Å².